The van der Waals surface area contributed by atoms with Crippen LogP contribution in [0, 0.1) is 5.92 Å². The number of hydrogen-bond acceptors (Lipinski definition) is 6. The van der Waals surface area contributed by atoms with Crippen molar-refractivity contribution in [2.24, 2.45) is 5.92 Å². The van der Waals surface area contributed by atoms with E-state index in [4.69, 9.17) is 5.10 Å². The second-order valence-corrected chi connectivity index (χ2v) is 8.49. The van der Waals surface area contributed by atoms with Crippen LogP contribution in [0.5, 0.6) is 0 Å². The Morgan fingerprint density at radius 3 is 2.66 bits per heavy atom. The third-order valence-electron chi connectivity index (χ3n) is 6.57. The number of anilines is 1. The van der Waals surface area contributed by atoms with Gasteiger partial charge in [0, 0.05) is 52.1 Å². The summed E-state index contributed by atoms with van der Waals surface area (Å²) in [5.74, 6) is 2.32. The van der Waals surface area contributed by atoms with Gasteiger partial charge in [-0.3, -0.25) is 9.59 Å². The van der Waals surface area contributed by atoms with Crippen molar-refractivity contribution in [3.8, 4) is 0 Å². The zero-order valence-corrected chi connectivity index (χ0v) is 16.8. The molecule has 3 aliphatic rings. The molecule has 0 spiro atoms. The molecule has 1 unspecified atom stereocenters. The third-order valence-corrected chi connectivity index (χ3v) is 6.57. The van der Waals surface area contributed by atoms with Crippen LogP contribution in [-0.2, 0) is 9.59 Å². The highest BCUT2D eigenvalue weighted by atomic mass is 16.2. The molecule has 0 radical (unpaired) electrons. The molecule has 4 heterocycles. The number of hydrogen-bond donors (Lipinski definition) is 0. The van der Waals surface area contributed by atoms with E-state index in [0.717, 1.165) is 56.2 Å². The van der Waals surface area contributed by atoms with E-state index in [9.17, 15) is 9.59 Å². The average Bonchev–Trinajstić information content (AvgIpc) is 3.13. The van der Waals surface area contributed by atoms with Crippen LogP contribution in [-0.4, -0.2) is 81.2 Å². The van der Waals surface area contributed by atoms with Crippen LogP contribution in [0.2, 0.25) is 0 Å². The summed E-state index contributed by atoms with van der Waals surface area (Å²) < 4.78 is 1.90. The Morgan fingerprint density at radius 2 is 1.93 bits per heavy atom. The van der Waals surface area contributed by atoms with Crippen LogP contribution in [0.15, 0.2) is 12.1 Å². The van der Waals surface area contributed by atoms with E-state index in [1.807, 2.05) is 21.5 Å². The Balaban J connectivity index is 1.29. The minimum atomic E-state index is -0.199. The first-order valence-corrected chi connectivity index (χ1v) is 10.6. The molecule has 3 fully saturated rings. The lowest BCUT2D eigenvalue weighted by atomic mass is 9.85. The molecule has 1 aliphatic carbocycles. The highest BCUT2D eigenvalue weighted by Gasteiger charge is 2.35. The van der Waals surface area contributed by atoms with Gasteiger partial charge in [0.1, 0.15) is 5.82 Å². The Labute approximate surface area is 169 Å². The van der Waals surface area contributed by atoms with Crippen LogP contribution in [0.3, 0.4) is 0 Å². The van der Waals surface area contributed by atoms with E-state index in [0.29, 0.717) is 25.4 Å². The second-order valence-electron chi connectivity index (χ2n) is 8.49. The van der Waals surface area contributed by atoms with Crippen LogP contribution in [0.1, 0.15) is 43.8 Å². The summed E-state index contributed by atoms with van der Waals surface area (Å²) in [6, 6.07) is 3.97. The zero-order valence-electron chi connectivity index (χ0n) is 16.8. The number of carbonyl (C=O) groups is 2. The Morgan fingerprint density at radius 1 is 1.07 bits per heavy atom. The first-order valence-electron chi connectivity index (χ1n) is 10.6. The van der Waals surface area contributed by atoms with Gasteiger partial charge >= 0.3 is 0 Å². The quantitative estimate of drug-likeness (QED) is 0.765. The molecule has 2 saturated heterocycles. The molecule has 2 aliphatic heterocycles. The number of fused-ring (bicyclic) bond motifs is 1. The highest BCUT2D eigenvalue weighted by molar-refractivity contribution is 5.89. The highest BCUT2D eigenvalue weighted by Crippen LogP contribution is 2.35. The number of carbonyl (C=O) groups excluding carboxylic acids is 2. The fraction of sp³-hybridized carbons (Fsp3) is 0.650. The van der Waals surface area contributed by atoms with Gasteiger partial charge in [0.05, 0.1) is 5.92 Å². The fourth-order valence-corrected chi connectivity index (χ4v) is 4.54. The second kappa shape index (κ2) is 7.27. The van der Waals surface area contributed by atoms with Crippen molar-refractivity contribution in [2.75, 3.05) is 44.7 Å². The lowest BCUT2D eigenvalue weighted by Crippen LogP contribution is -2.39. The number of aromatic nitrogens is 4. The molecule has 2 aromatic heterocycles. The molecular weight excluding hydrogens is 370 g/mol. The van der Waals surface area contributed by atoms with Crippen LogP contribution in [0.25, 0.3) is 5.65 Å². The Hall–Kier alpha value is -2.71. The molecule has 0 bridgehead atoms. The van der Waals surface area contributed by atoms with Crippen LogP contribution < -0.4 is 4.90 Å². The smallest absolute Gasteiger partial charge is 0.228 e. The van der Waals surface area contributed by atoms with Crippen molar-refractivity contribution in [1.29, 1.82) is 0 Å². The van der Waals surface area contributed by atoms with Crippen LogP contribution >= 0.6 is 0 Å². The molecule has 9 heteroatoms. The predicted octanol–water partition coefficient (Wildman–Crippen LogP) is 0.909. The summed E-state index contributed by atoms with van der Waals surface area (Å²) in [6.45, 7) is 3.51. The molecule has 29 heavy (non-hydrogen) atoms. The molecular formula is C20H27N7O2. The summed E-state index contributed by atoms with van der Waals surface area (Å²) in [7, 11) is 1.77. The topological polar surface area (TPSA) is 86.9 Å². The number of likely N-dealkylation sites (tertiary alicyclic amines) is 1. The molecule has 154 valence electrons. The van der Waals surface area contributed by atoms with Gasteiger partial charge in [-0.2, -0.15) is 4.52 Å². The Bertz CT molecular complexity index is 938. The monoisotopic (exact) mass is 397 g/mol. The maximum atomic E-state index is 12.9. The number of rotatable bonds is 3. The summed E-state index contributed by atoms with van der Waals surface area (Å²) in [5.41, 5.74) is 0.789. The minimum absolute atomic E-state index is 0.0634. The number of amides is 2. The maximum Gasteiger partial charge on any atom is 0.228 e. The summed E-state index contributed by atoms with van der Waals surface area (Å²) >= 11 is 0. The largest absolute Gasteiger partial charge is 0.353 e. The van der Waals surface area contributed by atoms with Crippen molar-refractivity contribution in [2.45, 2.75) is 38.0 Å². The van der Waals surface area contributed by atoms with Crippen LogP contribution in [0.4, 0.5) is 5.82 Å². The van der Waals surface area contributed by atoms with Crippen molar-refractivity contribution in [3.63, 3.8) is 0 Å². The summed E-state index contributed by atoms with van der Waals surface area (Å²) in [5, 5.41) is 13.5. The van der Waals surface area contributed by atoms with Gasteiger partial charge < -0.3 is 14.7 Å². The van der Waals surface area contributed by atoms with E-state index in [2.05, 4.69) is 15.1 Å². The molecule has 2 amide bonds. The van der Waals surface area contributed by atoms with E-state index in [1.165, 1.54) is 6.42 Å². The average molecular weight is 397 g/mol. The van der Waals surface area contributed by atoms with Crippen molar-refractivity contribution < 1.29 is 9.59 Å². The van der Waals surface area contributed by atoms with Crippen molar-refractivity contribution in [1.82, 2.24) is 29.6 Å². The van der Waals surface area contributed by atoms with E-state index in [1.54, 1.807) is 11.9 Å². The fourth-order valence-electron chi connectivity index (χ4n) is 4.54. The predicted molar refractivity (Wildman–Crippen MR) is 107 cm³/mol. The first kappa shape index (κ1) is 18.3. The van der Waals surface area contributed by atoms with Gasteiger partial charge in [-0.25, -0.2) is 0 Å². The van der Waals surface area contributed by atoms with Crippen molar-refractivity contribution in [3.05, 3.63) is 18.0 Å². The normalized spacial score (nSPS) is 23.6. The summed E-state index contributed by atoms with van der Waals surface area (Å²) in [4.78, 5) is 30.5. The van der Waals surface area contributed by atoms with Gasteiger partial charge in [0.2, 0.25) is 11.8 Å². The lowest BCUT2D eigenvalue weighted by Gasteiger charge is -2.25. The van der Waals surface area contributed by atoms with E-state index in [-0.39, 0.29) is 17.7 Å². The molecule has 5 rings (SSSR count). The van der Waals surface area contributed by atoms with Crippen molar-refractivity contribution >= 4 is 23.3 Å². The lowest BCUT2D eigenvalue weighted by molar-refractivity contribution is -0.135. The Kier molecular flexibility index (Phi) is 4.60. The molecule has 0 N–H and O–H groups in total. The maximum absolute atomic E-state index is 12.9. The van der Waals surface area contributed by atoms with E-state index >= 15 is 0 Å². The zero-order chi connectivity index (χ0) is 20.0. The standard InChI is InChI=1S/C20H27N7O2/c1-24-13-15(12-18(24)28)20(29)26-9-3-8-25(10-11-26)17-7-6-16-21-22-19(27(16)23-17)14-4-2-5-14/h6-7,14-15H,2-5,8-13H2,1H3. The number of nitrogens with zero attached hydrogens (tertiary/aromatic N) is 7. The molecule has 1 atom stereocenters. The van der Waals surface area contributed by atoms with Gasteiger partial charge in [-0.05, 0) is 31.4 Å². The van der Waals surface area contributed by atoms with Gasteiger partial charge in [0.15, 0.2) is 11.5 Å². The first-order chi connectivity index (χ1) is 14.1. The van der Waals surface area contributed by atoms with Gasteiger partial charge in [-0.1, -0.05) is 6.42 Å². The molecule has 0 aromatic carbocycles. The molecule has 2 aromatic rings. The SMILES string of the molecule is CN1CC(C(=O)N2CCCN(c3ccc4nnc(C5CCC5)n4n3)CC2)CC1=O. The van der Waals surface area contributed by atoms with E-state index < -0.39 is 0 Å². The summed E-state index contributed by atoms with van der Waals surface area (Å²) in [6.07, 6.45) is 4.79. The third kappa shape index (κ3) is 3.32. The van der Waals surface area contributed by atoms with Gasteiger partial charge in [0.25, 0.3) is 0 Å². The molecule has 1 saturated carbocycles. The van der Waals surface area contributed by atoms with Gasteiger partial charge in [-0.15, -0.1) is 15.3 Å². The minimum Gasteiger partial charge on any atom is -0.353 e. The molecule has 9 nitrogen and oxygen atoms in total.